The number of fused-ring (bicyclic) bond motifs is 4. The molecule has 0 heterocycles. The van der Waals surface area contributed by atoms with Crippen LogP contribution < -0.4 is 0 Å². The van der Waals surface area contributed by atoms with Gasteiger partial charge in [-0.2, -0.15) is 0 Å². The molecule has 0 amide bonds. The fraction of sp³-hybridized carbons (Fsp3) is 0.217. The van der Waals surface area contributed by atoms with E-state index in [2.05, 4.69) is 61.5 Å². The van der Waals surface area contributed by atoms with Gasteiger partial charge in [0.25, 0.3) is 0 Å². The van der Waals surface area contributed by atoms with Crippen molar-refractivity contribution in [3.05, 3.63) is 71.3 Å². The first-order valence-corrected chi connectivity index (χ1v) is 8.75. The maximum absolute atomic E-state index is 9.57. The highest BCUT2D eigenvalue weighted by molar-refractivity contribution is 6.15. The van der Waals surface area contributed by atoms with E-state index in [1.54, 1.807) is 0 Å². The van der Waals surface area contributed by atoms with Gasteiger partial charge in [0.15, 0.2) is 0 Å². The molecule has 24 heavy (non-hydrogen) atoms. The van der Waals surface area contributed by atoms with Crippen LogP contribution in [0.15, 0.2) is 54.6 Å². The maximum Gasteiger partial charge on any atom is 0.0436 e. The van der Waals surface area contributed by atoms with Crippen LogP contribution in [0.5, 0.6) is 0 Å². The highest BCUT2D eigenvalue weighted by Gasteiger charge is 2.27. The van der Waals surface area contributed by atoms with Crippen LogP contribution in [0.2, 0.25) is 0 Å². The number of aliphatic hydroxyl groups is 1. The van der Waals surface area contributed by atoms with Gasteiger partial charge in [-0.3, -0.25) is 0 Å². The minimum Gasteiger partial charge on any atom is -0.396 e. The molecule has 1 N–H and O–H groups in total. The molecule has 5 rings (SSSR count). The fourth-order valence-corrected chi connectivity index (χ4v) is 4.62. The molecule has 4 aromatic carbocycles. The van der Waals surface area contributed by atoms with Gasteiger partial charge < -0.3 is 5.11 Å². The Morgan fingerprint density at radius 1 is 0.917 bits per heavy atom. The van der Waals surface area contributed by atoms with Gasteiger partial charge in [-0.15, -0.1) is 0 Å². The van der Waals surface area contributed by atoms with Crippen molar-refractivity contribution in [3.8, 4) is 0 Å². The second-order valence-corrected chi connectivity index (χ2v) is 7.04. The summed E-state index contributed by atoms with van der Waals surface area (Å²) in [7, 11) is 0. The van der Waals surface area contributed by atoms with Crippen molar-refractivity contribution in [1.29, 1.82) is 0 Å². The summed E-state index contributed by atoms with van der Waals surface area (Å²) in [5.41, 5.74) is 4.32. The number of aryl methyl sites for hydroxylation is 1. The predicted molar refractivity (Wildman–Crippen MR) is 102 cm³/mol. The standard InChI is InChI=1S/C23H20O/c1-14-6-7-16-13-21-18-5-3-2-4-15(18)8-9-19(21)22-17(10-11-24)12-20(14)23(16)22/h2-9,13,17,24H,10-12H2,1H3. The van der Waals surface area contributed by atoms with Gasteiger partial charge in [-0.1, -0.05) is 48.5 Å². The topological polar surface area (TPSA) is 20.2 Å². The highest BCUT2D eigenvalue weighted by atomic mass is 16.3. The molecule has 1 atom stereocenters. The van der Waals surface area contributed by atoms with Gasteiger partial charge in [-0.05, 0) is 80.8 Å². The maximum atomic E-state index is 9.57. The lowest BCUT2D eigenvalue weighted by Gasteiger charge is -2.15. The molecular weight excluding hydrogens is 292 g/mol. The van der Waals surface area contributed by atoms with Crippen LogP contribution in [0, 0.1) is 6.92 Å². The third-order valence-electron chi connectivity index (χ3n) is 5.75. The van der Waals surface area contributed by atoms with Crippen LogP contribution in [0.25, 0.3) is 32.3 Å². The first kappa shape index (κ1) is 14.0. The van der Waals surface area contributed by atoms with Crippen LogP contribution >= 0.6 is 0 Å². The second-order valence-electron chi connectivity index (χ2n) is 7.04. The summed E-state index contributed by atoms with van der Waals surface area (Å²) in [5, 5.41) is 17.7. The molecule has 0 saturated heterocycles. The zero-order valence-electron chi connectivity index (χ0n) is 13.8. The Morgan fingerprint density at radius 3 is 2.62 bits per heavy atom. The number of hydrogen-bond acceptors (Lipinski definition) is 1. The summed E-state index contributed by atoms with van der Waals surface area (Å²) in [4.78, 5) is 0. The third kappa shape index (κ3) is 1.79. The zero-order chi connectivity index (χ0) is 16.3. The molecule has 0 aromatic heterocycles. The van der Waals surface area contributed by atoms with Crippen molar-refractivity contribution >= 4 is 32.3 Å². The van der Waals surface area contributed by atoms with Crippen molar-refractivity contribution in [2.75, 3.05) is 6.61 Å². The third-order valence-corrected chi connectivity index (χ3v) is 5.75. The number of hydrogen-bond donors (Lipinski definition) is 1. The molecule has 1 nitrogen and oxygen atoms in total. The minimum atomic E-state index is 0.253. The molecule has 118 valence electrons. The molecule has 0 fully saturated rings. The van der Waals surface area contributed by atoms with E-state index in [1.165, 1.54) is 49.0 Å². The largest absolute Gasteiger partial charge is 0.396 e. The monoisotopic (exact) mass is 312 g/mol. The normalized spacial score (nSPS) is 16.5. The summed E-state index contributed by atoms with van der Waals surface area (Å²) in [5.74, 6) is 0.429. The van der Waals surface area contributed by atoms with E-state index in [1.807, 2.05) is 0 Å². The van der Waals surface area contributed by atoms with Crippen LogP contribution in [-0.2, 0) is 6.42 Å². The smallest absolute Gasteiger partial charge is 0.0436 e. The lowest BCUT2D eigenvalue weighted by atomic mass is 9.89. The van der Waals surface area contributed by atoms with E-state index in [0.29, 0.717) is 5.92 Å². The quantitative estimate of drug-likeness (QED) is 0.384. The Balaban J connectivity index is 1.99. The molecule has 0 radical (unpaired) electrons. The fourth-order valence-electron chi connectivity index (χ4n) is 4.62. The average Bonchev–Trinajstić information content (AvgIpc) is 2.99. The van der Waals surface area contributed by atoms with Crippen molar-refractivity contribution < 1.29 is 5.11 Å². The van der Waals surface area contributed by atoms with Gasteiger partial charge in [0.1, 0.15) is 0 Å². The Labute approximate surface area is 141 Å². The van der Waals surface area contributed by atoms with Crippen molar-refractivity contribution in [2.24, 2.45) is 0 Å². The van der Waals surface area contributed by atoms with Gasteiger partial charge in [0.2, 0.25) is 0 Å². The molecule has 4 aromatic rings. The summed E-state index contributed by atoms with van der Waals surface area (Å²) < 4.78 is 0. The first-order chi connectivity index (χ1) is 11.8. The number of rotatable bonds is 2. The van der Waals surface area contributed by atoms with Crippen LogP contribution in [-0.4, -0.2) is 11.7 Å². The van der Waals surface area contributed by atoms with Crippen LogP contribution in [0.1, 0.15) is 29.0 Å². The SMILES string of the molecule is Cc1ccc2cc3c(ccc4ccccc43)c3c2c1CC3CCO. The van der Waals surface area contributed by atoms with Crippen molar-refractivity contribution in [3.63, 3.8) is 0 Å². The van der Waals surface area contributed by atoms with E-state index < -0.39 is 0 Å². The van der Waals surface area contributed by atoms with Gasteiger partial charge in [-0.25, -0.2) is 0 Å². The molecule has 1 heteroatoms. The molecule has 0 bridgehead atoms. The van der Waals surface area contributed by atoms with Gasteiger partial charge in [0.05, 0.1) is 0 Å². The second kappa shape index (κ2) is 5.06. The molecule has 1 aliphatic carbocycles. The predicted octanol–water partition coefficient (Wildman–Crippen LogP) is 5.48. The number of aliphatic hydroxyl groups excluding tert-OH is 1. The molecule has 0 saturated carbocycles. The zero-order valence-corrected chi connectivity index (χ0v) is 13.8. The van der Waals surface area contributed by atoms with E-state index >= 15 is 0 Å². The lowest BCUT2D eigenvalue weighted by Crippen LogP contribution is -2.00. The molecule has 1 unspecified atom stereocenters. The Morgan fingerprint density at radius 2 is 1.75 bits per heavy atom. The van der Waals surface area contributed by atoms with Crippen LogP contribution in [0.3, 0.4) is 0 Å². The Bertz CT molecular complexity index is 1110. The van der Waals surface area contributed by atoms with Crippen molar-refractivity contribution in [1.82, 2.24) is 0 Å². The van der Waals surface area contributed by atoms with E-state index in [4.69, 9.17) is 0 Å². The average molecular weight is 312 g/mol. The molecule has 0 spiro atoms. The summed E-state index contributed by atoms with van der Waals surface area (Å²) >= 11 is 0. The highest BCUT2D eigenvalue weighted by Crippen LogP contribution is 2.46. The minimum absolute atomic E-state index is 0.253. The lowest BCUT2D eigenvalue weighted by molar-refractivity contribution is 0.276. The summed E-state index contributed by atoms with van der Waals surface area (Å²) in [6.45, 7) is 2.47. The summed E-state index contributed by atoms with van der Waals surface area (Å²) in [6.07, 6.45) is 1.90. The van der Waals surface area contributed by atoms with E-state index in [9.17, 15) is 5.11 Å². The van der Waals surface area contributed by atoms with E-state index in [0.717, 1.165) is 12.8 Å². The molecule has 0 aliphatic heterocycles. The van der Waals surface area contributed by atoms with Gasteiger partial charge >= 0.3 is 0 Å². The Kier molecular flexibility index (Phi) is 2.95. The Hall–Kier alpha value is -2.38. The molecular formula is C23H20O. The van der Waals surface area contributed by atoms with E-state index in [-0.39, 0.29) is 6.61 Å². The van der Waals surface area contributed by atoms with Gasteiger partial charge in [0, 0.05) is 6.61 Å². The first-order valence-electron chi connectivity index (χ1n) is 8.75. The molecule has 1 aliphatic rings. The van der Waals surface area contributed by atoms with Crippen LogP contribution in [0.4, 0.5) is 0 Å². The summed E-state index contributed by atoms with van der Waals surface area (Å²) in [6, 6.07) is 20.0. The number of benzene rings is 4. The van der Waals surface area contributed by atoms with Crippen molar-refractivity contribution in [2.45, 2.75) is 25.7 Å².